The average molecular weight is 232 g/mol. The van der Waals surface area contributed by atoms with Gasteiger partial charge in [0.1, 0.15) is 0 Å². The van der Waals surface area contributed by atoms with E-state index in [9.17, 15) is 0 Å². The first-order valence-electron chi connectivity index (χ1n) is 3.93. The standard InChI is InChI=1S/C8H14BrN3/c1-12-7(2-3-10)4-6(5-11)8(12)9/h4H,2-3,5,10-11H2,1H3. The van der Waals surface area contributed by atoms with Crippen molar-refractivity contribution in [2.45, 2.75) is 13.0 Å². The molecule has 0 aliphatic heterocycles. The monoisotopic (exact) mass is 231 g/mol. The van der Waals surface area contributed by atoms with Crippen molar-refractivity contribution in [2.75, 3.05) is 6.54 Å². The highest BCUT2D eigenvalue weighted by Gasteiger charge is 2.07. The zero-order valence-electron chi connectivity index (χ0n) is 7.18. The zero-order chi connectivity index (χ0) is 9.14. The van der Waals surface area contributed by atoms with Crippen molar-refractivity contribution in [3.8, 4) is 0 Å². The maximum Gasteiger partial charge on any atom is 0.0891 e. The third-order valence-electron chi connectivity index (χ3n) is 1.95. The van der Waals surface area contributed by atoms with Crippen molar-refractivity contribution in [2.24, 2.45) is 18.5 Å². The molecule has 1 rings (SSSR count). The SMILES string of the molecule is Cn1c(CCN)cc(CN)c1Br. The van der Waals surface area contributed by atoms with Crippen LogP contribution in [0, 0.1) is 0 Å². The van der Waals surface area contributed by atoms with E-state index < -0.39 is 0 Å². The minimum atomic E-state index is 0.568. The van der Waals surface area contributed by atoms with Gasteiger partial charge < -0.3 is 16.0 Å². The van der Waals surface area contributed by atoms with Gasteiger partial charge in [0.15, 0.2) is 0 Å². The molecule has 0 aliphatic carbocycles. The van der Waals surface area contributed by atoms with E-state index in [0.29, 0.717) is 13.1 Å². The van der Waals surface area contributed by atoms with Gasteiger partial charge in [-0.15, -0.1) is 0 Å². The van der Waals surface area contributed by atoms with Crippen LogP contribution in [0.25, 0.3) is 0 Å². The zero-order valence-corrected chi connectivity index (χ0v) is 8.76. The summed E-state index contributed by atoms with van der Waals surface area (Å²) >= 11 is 3.47. The Morgan fingerprint density at radius 2 is 2.17 bits per heavy atom. The van der Waals surface area contributed by atoms with Crippen molar-refractivity contribution in [1.82, 2.24) is 4.57 Å². The van der Waals surface area contributed by atoms with E-state index in [1.54, 1.807) is 0 Å². The molecule has 0 unspecified atom stereocenters. The van der Waals surface area contributed by atoms with Crippen LogP contribution in [0.5, 0.6) is 0 Å². The highest BCUT2D eigenvalue weighted by atomic mass is 79.9. The molecule has 0 spiro atoms. The van der Waals surface area contributed by atoms with Gasteiger partial charge in [0.25, 0.3) is 0 Å². The number of rotatable bonds is 3. The number of hydrogen-bond donors (Lipinski definition) is 2. The van der Waals surface area contributed by atoms with Crippen LogP contribution in [-0.2, 0) is 20.0 Å². The van der Waals surface area contributed by atoms with Crippen molar-refractivity contribution in [1.29, 1.82) is 0 Å². The molecule has 12 heavy (non-hydrogen) atoms. The Balaban J connectivity index is 2.98. The predicted molar refractivity (Wildman–Crippen MR) is 53.8 cm³/mol. The van der Waals surface area contributed by atoms with Gasteiger partial charge in [-0.05, 0) is 40.5 Å². The summed E-state index contributed by atoms with van der Waals surface area (Å²) in [4.78, 5) is 0. The minimum absolute atomic E-state index is 0.568. The lowest BCUT2D eigenvalue weighted by molar-refractivity contribution is 0.790. The number of halogens is 1. The van der Waals surface area contributed by atoms with Gasteiger partial charge in [-0.25, -0.2) is 0 Å². The second kappa shape index (κ2) is 4.07. The smallest absolute Gasteiger partial charge is 0.0891 e. The van der Waals surface area contributed by atoms with Crippen molar-refractivity contribution < 1.29 is 0 Å². The second-order valence-electron chi connectivity index (χ2n) is 2.75. The van der Waals surface area contributed by atoms with E-state index in [2.05, 4.69) is 26.6 Å². The first kappa shape index (κ1) is 9.77. The molecule has 1 heterocycles. The molecule has 1 aromatic rings. The molecule has 4 N–H and O–H groups in total. The molecule has 0 fully saturated rings. The quantitative estimate of drug-likeness (QED) is 0.807. The van der Waals surface area contributed by atoms with Crippen LogP contribution in [0.4, 0.5) is 0 Å². The minimum Gasteiger partial charge on any atom is -0.342 e. The predicted octanol–water partition coefficient (Wildman–Crippen LogP) is 0.747. The molecule has 1 aromatic heterocycles. The van der Waals surface area contributed by atoms with Gasteiger partial charge in [-0.1, -0.05) is 0 Å². The summed E-state index contributed by atoms with van der Waals surface area (Å²) in [6, 6.07) is 2.09. The molecule has 68 valence electrons. The fraction of sp³-hybridized carbons (Fsp3) is 0.500. The topological polar surface area (TPSA) is 57.0 Å². The first-order chi connectivity index (χ1) is 5.70. The largest absolute Gasteiger partial charge is 0.342 e. The van der Waals surface area contributed by atoms with Crippen LogP contribution >= 0.6 is 15.9 Å². The lowest BCUT2D eigenvalue weighted by atomic mass is 10.2. The summed E-state index contributed by atoms with van der Waals surface area (Å²) in [6.07, 6.45) is 0.898. The number of aromatic nitrogens is 1. The molecule has 0 saturated heterocycles. The Morgan fingerprint density at radius 3 is 2.58 bits per heavy atom. The van der Waals surface area contributed by atoms with Gasteiger partial charge in [0.2, 0.25) is 0 Å². The van der Waals surface area contributed by atoms with E-state index >= 15 is 0 Å². The molecule has 0 aromatic carbocycles. The van der Waals surface area contributed by atoms with Crippen molar-refractivity contribution in [3.63, 3.8) is 0 Å². The van der Waals surface area contributed by atoms with E-state index in [4.69, 9.17) is 11.5 Å². The first-order valence-corrected chi connectivity index (χ1v) is 4.73. The Kier molecular flexibility index (Phi) is 3.31. The molecule has 0 radical (unpaired) electrons. The van der Waals surface area contributed by atoms with Crippen LogP contribution in [0.15, 0.2) is 10.7 Å². The van der Waals surface area contributed by atoms with Gasteiger partial charge in [-0.3, -0.25) is 0 Å². The number of nitrogens with two attached hydrogens (primary N) is 2. The lowest BCUT2D eigenvalue weighted by Gasteiger charge is -2.01. The fourth-order valence-electron chi connectivity index (χ4n) is 1.23. The molecule has 0 saturated carbocycles. The molecular formula is C8H14BrN3. The Labute approximate surface area is 80.9 Å². The molecule has 0 atom stereocenters. The van der Waals surface area contributed by atoms with Crippen LogP contribution < -0.4 is 11.5 Å². The summed E-state index contributed by atoms with van der Waals surface area (Å²) in [5.41, 5.74) is 13.4. The highest BCUT2D eigenvalue weighted by Crippen LogP contribution is 2.20. The van der Waals surface area contributed by atoms with Gasteiger partial charge in [-0.2, -0.15) is 0 Å². The summed E-state index contributed by atoms with van der Waals surface area (Å²) < 4.78 is 3.14. The van der Waals surface area contributed by atoms with Gasteiger partial charge in [0.05, 0.1) is 4.60 Å². The molecule has 0 bridgehead atoms. The maximum atomic E-state index is 5.55. The van der Waals surface area contributed by atoms with Crippen LogP contribution in [0.2, 0.25) is 0 Å². The van der Waals surface area contributed by atoms with E-state index in [1.165, 1.54) is 5.69 Å². The summed E-state index contributed by atoms with van der Waals surface area (Å²) in [5, 5.41) is 0. The Morgan fingerprint density at radius 1 is 1.50 bits per heavy atom. The van der Waals surface area contributed by atoms with E-state index in [0.717, 1.165) is 16.6 Å². The van der Waals surface area contributed by atoms with Crippen LogP contribution in [0.3, 0.4) is 0 Å². The van der Waals surface area contributed by atoms with Crippen LogP contribution in [0.1, 0.15) is 11.3 Å². The van der Waals surface area contributed by atoms with Gasteiger partial charge >= 0.3 is 0 Å². The average Bonchev–Trinajstić information content (AvgIpc) is 2.33. The van der Waals surface area contributed by atoms with Crippen LogP contribution in [-0.4, -0.2) is 11.1 Å². The molecule has 3 nitrogen and oxygen atoms in total. The van der Waals surface area contributed by atoms with E-state index in [-0.39, 0.29) is 0 Å². The second-order valence-corrected chi connectivity index (χ2v) is 3.50. The fourth-order valence-corrected chi connectivity index (χ4v) is 1.73. The molecule has 0 aliphatic rings. The number of hydrogen-bond acceptors (Lipinski definition) is 2. The highest BCUT2D eigenvalue weighted by molar-refractivity contribution is 9.10. The Bertz CT molecular complexity index is 268. The van der Waals surface area contributed by atoms with Crippen molar-refractivity contribution >= 4 is 15.9 Å². The lowest BCUT2D eigenvalue weighted by Crippen LogP contribution is -2.06. The normalized spacial score (nSPS) is 10.7. The third kappa shape index (κ3) is 1.71. The summed E-state index contributed by atoms with van der Waals surface area (Å²) in [5.74, 6) is 0. The number of nitrogens with zero attached hydrogens (tertiary/aromatic N) is 1. The molecule has 0 amide bonds. The molecule has 4 heteroatoms. The van der Waals surface area contributed by atoms with Crippen molar-refractivity contribution in [3.05, 3.63) is 21.9 Å². The maximum absolute atomic E-state index is 5.55. The summed E-state index contributed by atoms with van der Waals surface area (Å²) in [6.45, 7) is 1.24. The summed E-state index contributed by atoms with van der Waals surface area (Å²) in [7, 11) is 2.01. The Hall–Kier alpha value is -0.320. The van der Waals surface area contributed by atoms with E-state index in [1.807, 2.05) is 7.05 Å². The third-order valence-corrected chi connectivity index (χ3v) is 2.99. The molecular weight excluding hydrogens is 218 g/mol. The van der Waals surface area contributed by atoms with Gasteiger partial charge in [0, 0.05) is 19.3 Å².